The maximum absolute atomic E-state index is 12.1. The SMILES string of the molecule is COc1ccc(-c2cnoc2NC(=O)CCc2cccs2)cc1. The summed E-state index contributed by atoms with van der Waals surface area (Å²) in [5.41, 5.74) is 1.65. The van der Waals surface area contributed by atoms with Crippen LogP contribution in [-0.4, -0.2) is 18.2 Å². The highest BCUT2D eigenvalue weighted by Gasteiger charge is 2.13. The third-order valence-electron chi connectivity index (χ3n) is 3.40. The fraction of sp³-hybridized carbons (Fsp3) is 0.176. The number of anilines is 1. The van der Waals surface area contributed by atoms with Crippen molar-refractivity contribution < 1.29 is 14.1 Å². The summed E-state index contributed by atoms with van der Waals surface area (Å²) in [6.45, 7) is 0. The number of benzene rings is 1. The predicted molar refractivity (Wildman–Crippen MR) is 89.8 cm³/mol. The molecule has 118 valence electrons. The Labute approximate surface area is 137 Å². The molecule has 23 heavy (non-hydrogen) atoms. The molecule has 0 aliphatic carbocycles. The van der Waals surface area contributed by atoms with E-state index < -0.39 is 0 Å². The lowest BCUT2D eigenvalue weighted by atomic mass is 10.1. The van der Waals surface area contributed by atoms with Gasteiger partial charge in [0.25, 0.3) is 0 Å². The number of amides is 1. The summed E-state index contributed by atoms with van der Waals surface area (Å²) in [4.78, 5) is 13.3. The van der Waals surface area contributed by atoms with E-state index in [2.05, 4.69) is 10.5 Å². The minimum atomic E-state index is -0.0927. The van der Waals surface area contributed by atoms with Crippen LogP contribution in [0, 0.1) is 0 Å². The molecule has 0 radical (unpaired) electrons. The van der Waals surface area contributed by atoms with E-state index in [0.29, 0.717) is 12.3 Å². The van der Waals surface area contributed by atoms with Crippen LogP contribution in [0.25, 0.3) is 11.1 Å². The Bertz CT molecular complexity index is 764. The molecule has 2 aromatic heterocycles. The molecule has 1 amide bonds. The smallest absolute Gasteiger partial charge is 0.239 e. The van der Waals surface area contributed by atoms with Crippen molar-refractivity contribution in [3.05, 3.63) is 52.9 Å². The molecule has 1 aromatic carbocycles. The summed E-state index contributed by atoms with van der Waals surface area (Å²) in [6.07, 6.45) is 2.72. The second-order valence-electron chi connectivity index (χ2n) is 4.92. The van der Waals surface area contributed by atoms with Gasteiger partial charge in [0.2, 0.25) is 11.8 Å². The van der Waals surface area contributed by atoms with Gasteiger partial charge in [-0.3, -0.25) is 10.1 Å². The van der Waals surface area contributed by atoms with Crippen LogP contribution >= 0.6 is 11.3 Å². The Balaban J connectivity index is 1.66. The first-order valence-electron chi connectivity index (χ1n) is 7.17. The van der Waals surface area contributed by atoms with Gasteiger partial charge < -0.3 is 9.26 Å². The molecule has 3 rings (SSSR count). The zero-order valence-electron chi connectivity index (χ0n) is 12.6. The van der Waals surface area contributed by atoms with E-state index in [9.17, 15) is 4.79 Å². The van der Waals surface area contributed by atoms with Crippen LogP contribution in [-0.2, 0) is 11.2 Å². The first-order valence-corrected chi connectivity index (χ1v) is 8.05. The number of ether oxygens (including phenoxy) is 1. The third kappa shape index (κ3) is 3.78. The standard InChI is InChI=1S/C17H16N2O3S/c1-21-13-6-4-12(5-7-13)15-11-18-22-17(15)19-16(20)9-8-14-3-2-10-23-14/h2-7,10-11H,8-9H2,1H3,(H,19,20). The Morgan fingerprint density at radius 1 is 1.30 bits per heavy atom. The van der Waals surface area contributed by atoms with Crippen molar-refractivity contribution in [3.63, 3.8) is 0 Å². The number of hydrogen-bond acceptors (Lipinski definition) is 5. The highest BCUT2D eigenvalue weighted by molar-refractivity contribution is 7.09. The molecule has 0 bridgehead atoms. The van der Waals surface area contributed by atoms with Gasteiger partial charge >= 0.3 is 0 Å². The molecule has 0 fully saturated rings. The molecule has 0 saturated carbocycles. The van der Waals surface area contributed by atoms with Crippen molar-refractivity contribution in [3.8, 4) is 16.9 Å². The zero-order valence-corrected chi connectivity index (χ0v) is 13.4. The molecule has 0 atom stereocenters. The van der Waals surface area contributed by atoms with E-state index in [0.717, 1.165) is 23.3 Å². The molecular formula is C17H16N2O3S. The van der Waals surface area contributed by atoms with E-state index in [4.69, 9.17) is 9.26 Å². The largest absolute Gasteiger partial charge is 0.497 e. The van der Waals surface area contributed by atoms with Gasteiger partial charge in [0, 0.05) is 11.3 Å². The Hall–Kier alpha value is -2.60. The van der Waals surface area contributed by atoms with Crippen molar-refractivity contribution in [2.75, 3.05) is 12.4 Å². The highest BCUT2D eigenvalue weighted by Crippen LogP contribution is 2.29. The highest BCUT2D eigenvalue weighted by atomic mass is 32.1. The Morgan fingerprint density at radius 3 is 2.83 bits per heavy atom. The summed E-state index contributed by atoms with van der Waals surface area (Å²) in [5, 5.41) is 8.58. The number of nitrogens with one attached hydrogen (secondary N) is 1. The number of nitrogens with zero attached hydrogens (tertiary/aromatic N) is 1. The summed E-state index contributed by atoms with van der Waals surface area (Å²) in [6, 6.07) is 11.5. The summed E-state index contributed by atoms with van der Waals surface area (Å²) >= 11 is 1.65. The zero-order chi connectivity index (χ0) is 16.1. The molecule has 0 saturated heterocycles. The molecule has 0 spiro atoms. The fourth-order valence-corrected chi connectivity index (χ4v) is 2.90. The van der Waals surface area contributed by atoms with Gasteiger partial charge in [0.15, 0.2) is 0 Å². The Kier molecular flexibility index (Phi) is 4.73. The minimum Gasteiger partial charge on any atom is -0.497 e. The number of rotatable bonds is 6. The number of carbonyl (C=O) groups is 1. The summed E-state index contributed by atoms with van der Waals surface area (Å²) in [5.74, 6) is 1.04. The average molecular weight is 328 g/mol. The molecule has 2 heterocycles. The number of carbonyl (C=O) groups excluding carboxylic acids is 1. The van der Waals surface area contributed by atoms with E-state index >= 15 is 0 Å². The topological polar surface area (TPSA) is 64.4 Å². The normalized spacial score (nSPS) is 10.5. The average Bonchev–Trinajstić information content (AvgIpc) is 3.25. The van der Waals surface area contributed by atoms with E-state index in [1.165, 1.54) is 4.88 Å². The van der Waals surface area contributed by atoms with Gasteiger partial charge in [-0.1, -0.05) is 23.4 Å². The second-order valence-corrected chi connectivity index (χ2v) is 5.96. The molecule has 6 heteroatoms. The van der Waals surface area contributed by atoms with Gasteiger partial charge in [-0.05, 0) is 35.6 Å². The van der Waals surface area contributed by atoms with Crippen molar-refractivity contribution in [1.82, 2.24) is 5.16 Å². The van der Waals surface area contributed by atoms with Crippen molar-refractivity contribution >= 4 is 23.1 Å². The Morgan fingerprint density at radius 2 is 2.13 bits per heavy atom. The van der Waals surface area contributed by atoms with Crippen LogP contribution in [0.2, 0.25) is 0 Å². The lowest BCUT2D eigenvalue weighted by molar-refractivity contribution is -0.116. The molecule has 0 aliphatic heterocycles. The maximum Gasteiger partial charge on any atom is 0.239 e. The van der Waals surface area contributed by atoms with Gasteiger partial charge in [-0.2, -0.15) is 0 Å². The first-order chi connectivity index (χ1) is 11.3. The van der Waals surface area contributed by atoms with Crippen LogP contribution in [0.15, 0.2) is 52.5 Å². The van der Waals surface area contributed by atoms with Crippen LogP contribution in [0.1, 0.15) is 11.3 Å². The molecule has 0 unspecified atom stereocenters. The second kappa shape index (κ2) is 7.11. The van der Waals surface area contributed by atoms with E-state index in [1.807, 2.05) is 41.8 Å². The predicted octanol–water partition coefficient (Wildman–Crippen LogP) is 3.98. The number of aromatic nitrogens is 1. The van der Waals surface area contributed by atoms with Crippen LogP contribution in [0.4, 0.5) is 5.88 Å². The third-order valence-corrected chi connectivity index (χ3v) is 4.34. The lowest BCUT2D eigenvalue weighted by Gasteiger charge is -2.05. The first kappa shape index (κ1) is 15.3. The van der Waals surface area contributed by atoms with Gasteiger partial charge in [-0.25, -0.2) is 0 Å². The maximum atomic E-state index is 12.1. The molecule has 1 N–H and O–H groups in total. The number of hydrogen-bond donors (Lipinski definition) is 1. The number of aryl methyl sites for hydroxylation is 1. The fourth-order valence-electron chi connectivity index (χ4n) is 2.19. The molecule has 0 aliphatic rings. The quantitative estimate of drug-likeness (QED) is 0.743. The van der Waals surface area contributed by atoms with Crippen molar-refractivity contribution in [2.45, 2.75) is 12.8 Å². The van der Waals surface area contributed by atoms with Gasteiger partial charge in [-0.15, -0.1) is 11.3 Å². The number of thiophene rings is 1. The van der Waals surface area contributed by atoms with E-state index in [-0.39, 0.29) is 5.91 Å². The lowest BCUT2D eigenvalue weighted by Crippen LogP contribution is -2.12. The van der Waals surface area contributed by atoms with Crippen molar-refractivity contribution in [1.29, 1.82) is 0 Å². The minimum absolute atomic E-state index is 0.0927. The monoisotopic (exact) mass is 328 g/mol. The van der Waals surface area contributed by atoms with Crippen molar-refractivity contribution in [2.24, 2.45) is 0 Å². The number of methoxy groups -OCH3 is 1. The van der Waals surface area contributed by atoms with Crippen LogP contribution < -0.4 is 10.1 Å². The molecular weight excluding hydrogens is 312 g/mol. The molecule has 5 nitrogen and oxygen atoms in total. The summed E-state index contributed by atoms with van der Waals surface area (Å²) in [7, 11) is 1.62. The van der Waals surface area contributed by atoms with Gasteiger partial charge in [0.05, 0.1) is 18.9 Å². The molecule has 3 aromatic rings. The van der Waals surface area contributed by atoms with Gasteiger partial charge in [0.1, 0.15) is 5.75 Å². The summed E-state index contributed by atoms with van der Waals surface area (Å²) < 4.78 is 10.3. The van der Waals surface area contributed by atoms with Crippen LogP contribution in [0.3, 0.4) is 0 Å². The van der Waals surface area contributed by atoms with E-state index in [1.54, 1.807) is 24.6 Å². The van der Waals surface area contributed by atoms with Crippen LogP contribution in [0.5, 0.6) is 5.75 Å².